The van der Waals surface area contributed by atoms with E-state index in [-0.39, 0.29) is 5.92 Å². The predicted molar refractivity (Wildman–Crippen MR) is 140 cm³/mol. The van der Waals surface area contributed by atoms with Crippen LogP contribution in [0.3, 0.4) is 0 Å². The molecule has 33 heavy (non-hydrogen) atoms. The van der Waals surface area contributed by atoms with E-state index in [1.54, 1.807) is 5.57 Å². The molecule has 0 saturated heterocycles. The summed E-state index contributed by atoms with van der Waals surface area (Å²) in [5.41, 5.74) is 7.97. The molecular weight excluding hydrogens is 406 g/mol. The third kappa shape index (κ3) is 7.29. The van der Waals surface area contributed by atoms with Crippen molar-refractivity contribution in [3.63, 3.8) is 0 Å². The molecule has 0 aliphatic heterocycles. The van der Waals surface area contributed by atoms with Gasteiger partial charge in [-0.25, -0.2) is 0 Å². The molecule has 7 atom stereocenters. The number of ether oxygens (including phenoxy) is 1. The summed E-state index contributed by atoms with van der Waals surface area (Å²) < 4.78 is 5.92. The number of hydrogen-bond donors (Lipinski definition) is 2. The lowest BCUT2D eigenvalue weighted by Gasteiger charge is -2.51. The molecule has 7 unspecified atom stereocenters. The highest BCUT2D eigenvalue weighted by Gasteiger charge is 2.48. The van der Waals surface area contributed by atoms with E-state index < -0.39 is 6.29 Å². The second-order valence-electron chi connectivity index (χ2n) is 11.0. The van der Waals surface area contributed by atoms with Crippen LogP contribution in [-0.2, 0) is 4.74 Å². The van der Waals surface area contributed by atoms with Crippen molar-refractivity contribution < 1.29 is 9.84 Å². The lowest BCUT2D eigenvalue weighted by molar-refractivity contribution is -0.170. The van der Waals surface area contributed by atoms with Gasteiger partial charge in [0.15, 0.2) is 6.29 Å². The average Bonchev–Trinajstić information content (AvgIpc) is 2.84. The van der Waals surface area contributed by atoms with Crippen molar-refractivity contribution in [2.75, 3.05) is 6.61 Å². The summed E-state index contributed by atoms with van der Waals surface area (Å²) in [5, 5.41) is 11.3. The van der Waals surface area contributed by atoms with Crippen molar-refractivity contribution in [3.8, 4) is 0 Å². The van der Waals surface area contributed by atoms with E-state index in [1.807, 2.05) is 6.92 Å². The highest BCUT2D eigenvalue weighted by Crippen LogP contribution is 2.53. The van der Waals surface area contributed by atoms with E-state index in [0.717, 1.165) is 38.0 Å². The molecule has 3 rings (SSSR count). The number of allylic oxidation sites excluding steroid dienone is 6. The highest BCUT2D eigenvalue weighted by atomic mass is 16.6. The Labute approximate surface area is 203 Å². The molecule has 3 aliphatic rings. The SMILES string of the molecule is CC=CC1CC(CCC(N)CC)C(CC2CCCCC2)C(C2=CC=CCC2)C1C(O)OCC. The molecular formula is C30H51NO2. The predicted octanol–water partition coefficient (Wildman–Crippen LogP) is 7.17. The molecule has 2 saturated carbocycles. The normalized spacial score (nSPS) is 33.2. The van der Waals surface area contributed by atoms with Gasteiger partial charge in [0.1, 0.15) is 0 Å². The van der Waals surface area contributed by atoms with Gasteiger partial charge in [-0.1, -0.05) is 75.0 Å². The van der Waals surface area contributed by atoms with Gasteiger partial charge in [-0.15, -0.1) is 0 Å². The van der Waals surface area contributed by atoms with Gasteiger partial charge in [-0.3, -0.25) is 0 Å². The van der Waals surface area contributed by atoms with Gasteiger partial charge in [0.2, 0.25) is 0 Å². The van der Waals surface area contributed by atoms with Crippen molar-refractivity contribution in [2.24, 2.45) is 41.2 Å². The maximum Gasteiger partial charge on any atom is 0.158 e. The molecule has 0 amide bonds. The third-order valence-electron chi connectivity index (χ3n) is 8.89. The van der Waals surface area contributed by atoms with Crippen LogP contribution in [0.5, 0.6) is 0 Å². The molecule has 3 nitrogen and oxygen atoms in total. The van der Waals surface area contributed by atoms with Gasteiger partial charge in [-0.05, 0) is 88.4 Å². The van der Waals surface area contributed by atoms with Gasteiger partial charge in [0.25, 0.3) is 0 Å². The summed E-state index contributed by atoms with van der Waals surface area (Å²) in [5.74, 6) is 3.04. The molecule has 188 valence electrons. The zero-order valence-electron chi connectivity index (χ0n) is 21.6. The quantitative estimate of drug-likeness (QED) is 0.255. The van der Waals surface area contributed by atoms with Crippen LogP contribution in [0.4, 0.5) is 0 Å². The number of rotatable bonds is 11. The average molecular weight is 458 g/mol. The van der Waals surface area contributed by atoms with Gasteiger partial charge in [-0.2, -0.15) is 0 Å². The molecule has 2 fully saturated rings. The monoisotopic (exact) mass is 457 g/mol. The summed E-state index contributed by atoms with van der Waals surface area (Å²) >= 11 is 0. The maximum atomic E-state index is 11.3. The van der Waals surface area contributed by atoms with Crippen LogP contribution >= 0.6 is 0 Å². The molecule has 0 aromatic carbocycles. The fourth-order valence-corrected chi connectivity index (χ4v) is 7.18. The Morgan fingerprint density at radius 1 is 1.21 bits per heavy atom. The van der Waals surface area contributed by atoms with Gasteiger partial charge in [0, 0.05) is 18.6 Å². The van der Waals surface area contributed by atoms with Crippen molar-refractivity contribution in [1.82, 2.24) is 0 Å². The molecule has 0 spiro atoms. The van der Waals surface area contributed by atoms with Crippen molar-refractivity contribution >= 4 is 0 Å². The van der Waals surface area contributed by atoms with Crippen molar-refractivity contribution in [2.45, 2.75) is 110 Å². The van der Waals surface area contributed by atoms with Gasteiger partial charge >= 0.3 is 0 Å². The lowest BCUT2D eigenvalue weighted by atomic mass is 9.55. The summed E-state index contributed by atoms with van der Waals surface area (Å²) in [4.78, 5) is 0. The first-order chi connectivity index (χ1) is 16.1. The minimum Gasteiger partial charge on any atom is -0.368 e. The summed E-state index contributed by atoms with van der Waals surface area (Å²) in [6, 6.07) is 0.308. The van der Waals surface area contributed by atoms with E-state index in [2.05, 4.69) is 44.2 Å². The van der Waals surface area contributed by atoms with Gasteiger partial charge in [0.05, 0.1) is 0 Å². The smallest absolute Gasteiger partial charge is 0.158 e. The van der Waals surface area contributed by atoms with Crippen LogP contribution in [0, 0.1) is 35.5 Å². The molecule has 0 heterocycles. The zero-order valence-corrected chi connectivity index (χ0v) is 21.6. The number of hydrogen-bond acceptors (Lipinski definition) is 3. The third-order valence-corrected chi connectivity index (χ3v) is 8.89. The standard InChI is InChI=1S/C30H51NO2/c1-4-13-25-21-24(18-19-26(31)5-2)27(20-22-14-9-7-10-15-22)28(23-16-11-8-12-17-23)29(25)30(32)33-6-3/h4,8,11,13,16,22,24-30,32H,5-7,9-10,12,14-15,17-21,31H2,1-3H3. The Hall–Kier alpha value is -0.900. The molecule has 3 heteroatoms. The fraction of sp³-hybridized carbons (Fsp3) is 0.800. The molecule has 3 aliphatic carbocycles. The van der Waals surface area contributed by atoms with Crippen LogP contribution in [-0.4, -0.2) is 24.0 Å². The fourth-order valence-electron chi connectivity index (χ4n) is 7.18. The zero-order chi connectivity index (χ0) is 23.6. The molecule has 0 bridgehead atoms. The van der Waals surface area contributed by atoms with Crippen molar-refractivity contribution in [1.29, 1.82) is 0 Å². The topological polar surface area (TPSA) is 55.5 Å². The van der Waals surface area contributed by atoms with E-state index in [4.69, 9.17) is 10.5 Å². The number of aliphatic hydroxyl groups excluding tert-OH is 1. The van der Waals surface area contributed by atoms with Crippen molar-refractivity contribution in [3.05, 3.63) is 36.0 Å². The van der Waals surface area contributed by atoms with Crippen LogP contribution in [0.25, 0.3) is 0 Å². The first-order valence-electron chi connectivity index (χ1n) is 14.1. The first kappa shape index (κ1) is 26.7. The van der Waals surface area contributed by atoms with E-state index in [0.29, 0.717) is 36.3 Å². The summed E-state index contributed by atoms with van der Waals surface area (Å²) in [6.07, 6.45) is 25.9. The van der Waals surface area contributed by atoms with Crippen LogP contribution < -0.4 is 5.73 Å². The molecule has 0 aromatic rings. The summed E-state index contributed by atoms with van der Waals surface area (Å²) in [6.45, 7) is 6.90. The summed E-state index contributed by atoms with van der Waals surface area (Å²) in [7, 11) is 0. The Kier molecular flexibility index (Phi) is 11.2. The minimum atomic E-state index is -0.694. The van der Waals surface area contributed by atoms with E-state index in [1.165, 1.54) is 44.9 Å². The minimum absolute atomic E-state index is 0.142. The molecule has 0 radical (unpaired) electrons. The Balaban J connectivity index is 1.98. The lowest BCUT2D eigenvalue weighted by Crippen LogP contribution is -2.47. The second kappa shape index (κ2) is 13.9. The van der Waals surface area contributed by atoms with Crippen LogP contribution in [0.1, 0.15) is 97.8 Å². The number of aliphatic hydroxyl groups is 1. The molecule has 0 aromatic heterocycles. The first-order valence-corrected chi connectivity index (χ1v) is 14.1. The van der Waals surface area contributed by atoms with E-state index in [9.17, 15) is 5.11 Å². The van der Waals surface area contributed by atoms with Gasteiger partial charge < -0.3 is 15.6 Å². The Morgan fingerprint density at radius 2 is 2.00 bits per heavy atom. The largest absolute Gasteiger partial charge is 0.368 e. The Bertz CT molecular complexity index is 648. The van der Waals surface area contributed by atoms with Crippen LogP contribution in [0.2, 0.25) is 0 Å². The van der Waals surface area contributed by atoms with Crippen LogP contribution in [0.15, 0.2) is 36.0 Å². The molecule has 3 N–H and O–H groups in total. The second-order valence-corrected chi connectivity index (χ2v) is 11.0. The highest BCUT2D eigenvalue weighted by molar-refractivity contribution is 5.24. The number of nitrogens with two attached hydrogens (primary N) is 1. The maximum absolute atomic E-state index is 11.3. The van der Waals surface area contributed by atoms with E-state index >= 15 is 0 Å². The Morgan fingerprint density at radius 3 is 2.64 bits per heavy atom.